The minimum Gasteiger partial charge on any atom is -0.481 e. The van der Waals surface area contributed by atoms with Crippen LogP contribution in [0.25, 0.3) is 0 Å². The molecule has 0 aromatic heterocycles. The highest BCUT2D eigenvalue weighted by Crippen LogP contribution is 2.45. The number of rotatable bonds is 9. The summed E-state index contributed by atoms with van der Waals surface area (Å²) in [6.45, 7) is 6.81. The van der Waals surface area contributed by atoms with Gasteiger partial charge in [0, 0.05) is 6.04 Å². The summed E-state index contributed by atoms with van der Waals surface area (Å²) in [6.07, 6.45) is 4.37. The predicted octanol–water partition coefficient (Wildman–Crippen LogP) is 1.51. The summed E-state index contributed by atoms with van der Waals surface area (Å²) in [5.41, 5.74) is 6.29. The highest BCUT2D eigenvalue weighted by atomic mass is 16.4. The van der Waals surface area contributed by atoms with Crippen LogP contribution in [-0.2, 0) is 9.59 Å². The molecule has 1 rings (SSSR count). The molecular weight excluding hydrogens is 296 g/mol. The zero-order chi connectivity index (χ0) is 17.6. The number of carbonyl (C=O) groups excluding carboxylic acids is 1. The topological polar surface area (TPSA) is 113 Å². The summed E-state index contributed by atoms with van der Waals surface area (Å²) >= 11 is 0. The quantitative estimate of drug-likeness (QED) is 0.377. The van der Waals surface area contributed by atoms with Crippen LogP contribution in [0.3, 0.4) is 0 Å². The third-order valence-corrected chi connectivity index (χ3v) is 4.99. The van der Waals surface area contributed by atoms with Gasteiger partial charge in [-0.3, -0.25) is 10.1 Å². The average Bonchev–Trinajstić information content (AvgIpc) is 2.91. The van der Waals surface area contributed by atoms with Crippen molar-refractivity contribution in [2.45, 2.75) is 77.6 Å². The summed E-state index contributed by atoms with van der Waals surface area (Å²) in [4.78, 5) is 21.5. The van der Waals surface area contributed by atoms with Crippen molar-refractivity contribution in [3.05, 3.63) is 0 Å². The minimum atomic E-state index is -1.09. The number of carboxylic acids is 1. The molecular formula is C17H32N2O4. The Bertz CT molecular complexity index is 395. The van der Waals surface area contributed by atoms with E-state index in [1.165, 1.54) is 19.3 Å². The van der Waals surface area contributed by atoms with Gasteiger partial charge in [-0.25, -0.2) is 0 Å². The Hall–Kier alpha value is -0.980. The molecule has 6 nitrogen and oxygen atoms in total. The van der Waals surface area contributed by atoms with Crippen LogP contribution in [0.4, 0.5) is 0 Å². The van der Waals surface area contributed by atoms with Crippen LogP contribution in [0.1, 0.15) is 59.3 Å². The first-order chi connectivity index (χ1) is 10.6. The van der Waals surface area contributed by atoms with Gasteiger partial charge in [0.15, 0.2) is 0 Å². The van der Waals surface area contributed by atoms with Gasteiger partial charge in [-0.15, -0.1) is 0 Å². The van der Waals surface area contributed by atoms with E-state index >= 15 is 0 Å². The Morgan fingerprint density at radius 3 is 2.57 bits per heavy atom. The van der Waals surface area contributed by atoms with Crippen LogP contribution in [0, 0.1) is 17.3 Å². The third kappa shape index (κ3) is 6.57. The second-order valence-corrected chi connectivity index (χ2v) is 7.86. The highest BCUT2D eigenvalue weighted by Gasteiger charge is 2.36. The number of hydrogen-bond acceptors (Lipinski definition) is 5. The fourth-order valence-corrected chi connectivity index (χ4v) is 3.76. The van der Waals surface area contributed by atoms with Crippen LogP contribution in [0.5, 0.6) is 0 Å². The van der Waals surface area contributed by atoms with E-state index in [2.05, 4.69) is 26.1 Å². The fraction of sp³-hybridized carbons (Fsp3) is 0.882. The van der Waals surface area contributed by atoms with Crippen molar-refractivity contribution in [3.63, 3.8) is 0 Å². The number of aldehydes is 1. The molecule has 1 aliphatic rings. The van der Waals surface area contributed by atoms with E-state index in [1.807, 2.05) is 0 Å². The summed E-state index contributed by atoms with van der Waals surface area (Å²) < 4.78 is 0. The molecule has 0 radical (unpaired) electrons. The van der Waals surface area contributed by atoms with Crippen LogP contribution in [0.15, 0.2) is 0 Å². The van der Waals surface area contributed by atoms with E-state index in [1.54, 1.807) is 0 Å². The largest absolute Gasteiger partial charge is 0.481 e. The van der Waals surface area contributed by atoms with Crippen molar-refractivity contribution in [1.29, 1.82) is 0 Å². The van der Waals surface area contributed by atoms with E-state index in [0.717, 1.165) is 6.42 Å². The molecule has 5 N–H and O–H groups in total. The molecule has 134 valence electrons. The second-order valence-electron chi connectivity index (χ2n) is 7.86. The van der Waals surface area contributed by atoms with Gasteiger partial charge >= 0.3 is 5.97 Å². The standard InChI is InChI=1S/C17H32N2O4/c1-17(2,3)13-6-4-5-11(13)7-8-14(18)16(23)19-12(10-20)9-15(21)22/h10-14,16,19,23H,4-9,18H2,1-3H3,(H,21,22)/t11?,12-,13?,14?,16?/m1/s1. The smallest absolute Gasteiger partial charge is 0.305 e. The number of aliphatic hydroxyl groups is 1. The van der Waals surface area contributed by atoms with Gasteiger partial charge in [-0.2, -0.15) is 0 Å². The minimum absolute atomic E-state index is 0.284. The molecule has 0 saturated heterocycles. The van der Waals surface area contributed by atoms with Gasteiger partial charge in [0.05, 0.1) is 12.5 Å². The van der Waals surface area contributed by atoms with Crippen molar-refractivity contribution in [2.75, 3.05) is 0 Å². The van der Waals surface area contributed by atoms with Crippen molar-refractivity contribution in [3.8, 4) is 0 Å². The molecule has 0 aromatic carbocycles. The second kappa shape index (κ2) is 8.76. The molecule has 1 fully saturated rings. The molecule has 0 bridgehead atoms. The van der Waals surface area contributed by atoms with Gasteiger partial charge in [0.2, 0.25) is 0 Å². The first-order valence-corrected chi connectivity index (χ1v) is 8.52. The first kappa shape index (κ1) is 20.1. The van der Waals surface area contributed by atoms with Gasteiger partial charge in [0.25, 0.3) is 0 Å². The van der Waals surface area contributed by atoms with Crippen molar-refractivity contribution in [2.24, 2.45) is 23.0 Å². The number of nitrogens with one attached hydrogen (secondary N) is 1. The maximum Gasteiger partial charge on any atom is 0.305 e. The Morgan fingerprint density at radius 1 is 1.39 bits per heavy atom. The summed E-state index contributed by atoms with van der Waals surface area (Å²) in [6, 6.07) is -1.42. The Balaban J connectivity index is 2.44. The number of aliphatic carboxylic acids is 1. The zero-order valence-corrected chi connectivity index (χ0v) is 14.5. The summed E-state index contributed by atoms with van der Waals surface area (Å²) in [5.74, 6) is 0.206. The van der Waals surface area contributed by atoms with Crippen molar-refractivity contribution in [1.82, 2.24) is 5.32 Å². The van der Waals surface area contributed by atoms with Crippen molar-refractivity contribution >= 4 is 12.3 Å². The van der Waals surface area contributed by atoms with E-state index in [0.29, 0.717) is 24.5 Å². The lowest BCUT2D eigenvalue weighted by Crippen LogP contribution is -2.50. The molecule has 1 saturated carbocycles. The molecule has 23 heavy (non-hydrogen) atoms. The normalized spacial score (nSPS) is 25.8. The van der Waals surface area contributed by atoms with Crippen LogP contribution in [0.2, 0.25) is 0 Å². The summed E-state index contributed by atoms with van der Waals surface area (Å²) in [5, 5.41) is 21.3. The number of carboxylic acid groups (broad SMARTS) is 1. The molecule has 0 spiro atoms. The lowest BCUT2D eigenvalue weighted by molar-refractivity contribution is -0.138. The monoisotopic (exact) mass is 328 g/mol. The lowest BCUT2D eigenvalue weighted by Gasteiger charge is -2.33. The maximum atomic E-state index is 10.8. The summed E-state index contributed by atoms with van der Waals surface area (Å²) in [7, 11) is 0. The third-order valence-electron chi connectivity index (χ3n) is 4.99. The molecule has 0 heterocycles. The molecule has 5 atom stereocenters. The van der Waals surface area contributed by atoms with Gasteiger partial charge in [-0.1, -0.05) is 33.6 Å². The number of carbonyl (C=O) groups is 2. The zero-order valence-electron chi connectivity index (χ0n) is 14.5. The van der Waals surface area contributed by atoms with E-state index in [9.17, 15) is 14.7 Å². The molecule has 1 aliphatic carbocycles. The average molecular weight is 328 g/mol. The number of aliphatic hydroxyl groups excluding tert-OH is 1. The molecule has 4 unspecified atom stereocenters. The van der Waals surface area contributed by atoms with Gasteiger partial charge in [0.1, 0.15) is 12.5 Å². The molecule has 0 aromatic rings. The number of nitrogens with two attached hydrogens (primary N) is 1. The van der Waals surface area contributed by atoms with E-state index in [4.69, 9.17) is 10.8 Å². The highest BCUT2D eigenvalue weighted by molar-refractivity contribution is 5.73. The van der Waals surface area contributed by atoms with Gasteiger partial charge < -0.3 is 20.7 Å². The maximum absolute atomic E-state index is 10.8. The van der Waals surface area contributed by atoms with Crippen LogP contribution < -0.4 is 11.1 Å². The predicted molar refractivity (Wildman–Crippen MR) is 88.7 cm³/mol. The molecule has 6 heteroatoms. The first-order valence-electron chi connectivity index (χ1n) is 8.52. The van der Waals surface area contributed by atoms with Crippen LogP contribution >= 0.6 is 0 Å². The Labute approximate surface area is 138 Å². The lowest BCUT2D eigenvalue weighted by atomic mass is 9.73. The SMILES string of the molecule is CC(C)(C)C1CCCC1CCC(N)C(O)N[C@@H](C=O)CC(=O)O. The van der Waals surface area contributed by atoms with Gasteiger partial charge in [-0.05, 0) is 36.5 Å². The fourth-order valence-electron chi connectivity index (χ4n) is 3.76. The van der Waals surface area contributed by atoms with E-state index in [-0.39, 0.29) is 11.8 Å². The molecule has 0 aliphatic heterocycles. The van der Waals surface area contributed by atoms with Crippen LogP contribution in [-0.4, -0.2) is 40.8 Å². The van der Waals surface area contributed by atoms with E-state index < -0.39 is 24.3 Å². The molecule has 0 amide bonds. The Kier molecular flexibility index (Phi) is 7.64. The van der Waals surface area contributed by atoms with Crippen molar-refractivity contribution < 1.29 is 19.8 Å². The Morgan fingerprint density at radius 2 is 2.04 bits per heavy atom. The number of hydrogen-bond donors (Lipinski definition) is 4.